The number of nitrogens with zero attached hydrogens (tertiary/aromatic N) is 1. The van der Waals surface area contributed by atoms with E-state index in [0.29, 0.717) is 17.4 Å². The average molecular weight is 853 g/mol. The molecular weight excluding hydrogens is 768 g/mol. The Bertz CT molecular complexity index is 1380. The predicted molar refractivity (Wildman–Crippen MR) is 255 cm³/mol. The van der Waals surface area contributed by atoms with Crippen LogP contribution in [0.15, 0.2) is 122 Å². The second-order valence-electron chi connectivity index (χ2n) is 16.0. The number of hydrogen-bond acceptors (Lipinski definition) is 6. The minimum absolute atomic E-state index is 0.0133. The molecule has 0 aromatic rings. The number of likely N-dealkylation sites (N-methyl/N-ethyl adjacent to an activating group) is 1. The maximum atomic E-state index is 12.7. The smallest absolute Gasteiger partial charge is 0.268 e. The zero-order chi connectivity index (χ0) is 44.3. The van der Waals surface area contributed by atoms with E-state index in [4.69, 9.17) is 9.05 Å². The normalized spacial score (nSPS) is 15.4. The number of aliphatic hydroxyl groups is 1. The molecule has 3 unspecified atom stereocenters. The molecule has 3 atom stereocenters. The molecule has 60 heavy (non-hydrogen) atoms. The Kier molecular flexibility index (Phi) is 39.1. The molecule has 0 aliphatic heterocycles. The maximum absolute atomic E-state index is 12.7. The average Bonchev–Trinajstić information content (AvgIpc) is 3.20. The van der Waals surface area contributed by atoms with Crippen LogP contribution in [0.25, 0.3) is 0 Å². The van der Waals surface area contributed by atoms with Gasteiger partial charge in [-0.3, -0.25) is 9.36 Å². The number of allylic oxidation sites excluding steroid dienone is 19. The van der Waals surface area contributed by atoms with E-state index < -0.39 is 26.6 Å². The Balaban J connectivity index is 4.11. The largest absolute Gasteiger partial charge is 0.756 e. The molecule has 0 saturated carbocycles. The first kappa shape index (κ1) is 56.9. The maximum Gasteiger partial charge on any atom is 0.268 e. The summed E-state index contributed by atoms with van der Waals surface area (Å²) in [6.07, 6.45) is 61.6. The fourth-order valence-electron chi connectivity index (χ4n) is 5.55. The van der Waals surface area contributed by atoms with Gasteiger partial charge in [-0.2, -0.15) is 0 Å². The van der Waals surface area contributed by atoms with E-state index in [9.17, 15) is 19.4 Å². The summed E-state index contributed by atoms with van der Waals surface area (Å²) in [5.41, 5.74) is 0. The van der Waals surface area contributed by atoms with Crippen molar-refractivity contribution in [3.63, 3.8) is 0 Å². The van der Waals surface area contributed by atoms with Crippen molar-refractivity contribution in [1.82, 2.24) is 5.32 Å². The van der Waals surface area contributed by atoms with Gasteiger partial charge in [0.25, 0.3) is 7.82 Å². The Morgan fingerprint density at radius 2 is 1.02 bits per heavy atom. The van der Waals surface area contributed by atoms with E-state index >= 15 is 0 Å². The first-order valence-corrected chi connectivity index (χ1v) is 24.4. The third kappa shape index (κ3) is 43.0. The fraction of sp³-hybridized carbons (Fsp3) is 0.588. The van der Waals surface area contributed by atoms with Crippen molar-refractivity contribution in [2.45, 2.75) is 154 Å². The molecule has 340 valence electrons. The molecule has 0 saturated heterocycles. The van der Waals surface area contributed by atoms with Crippen molar-refractivity contribution in [3.8, 4) is 0 Å². The highest BCUT2D eigenvalue weighted by Crippen LogP contribution is 2.38. The summed E-state index contributed by atoms with van der Waals surface area (Å²) in [5.74, 6) is -0.231. The molecule has 8 nitrogen and oxygen atoms in total. The predicted octanol–water partition coefficient (Wildman–Crippen LogP) is 12.4. The lowest BCUT2D eigenvalue weighted by Gasteiger charge is -2.29. The summed E-state index contributed by atoms with van der Waals surface area (Å²) in [6.45, 7) is 4.36. The van der Waals surface area contributed by atoms with Crippen LogP contribution in [0.4, 0.5) is 0 Å². The number of quaternary nitrogens is 1. The van der Waals surface area contributed by atoms with Gasteiger partial charge in [-0.1, -0.05) is 167 Å². The standard InChI is InChI=1S/C51H85N2O6P/c1-6-8-10-12-13-14-15-16-17-18-19-20-21-22-23-24-25-26-27-28-29-30-31-32-33-34-35-36-37-38-39-41-43-45-51(55)52-49(50(54)44-42-40-11-9-7-2)48-59-60(56,57)58-47-46-53(3,4)5/h8,10,13-14,16-17,19-20,22-23,25-26,28-29,31-32,34-35,42,44,49-50,54H,6-7,9,11-12,15,18,21,24,27,30,33,36-41,43,45-48H2,1-5H3,(H-,52,55,56,57)/b10-8-,14-13-,17-16-,20-19-,23-22-,26-25-,29-28-,32-31-,35-34-,44-42+. The molecule has 0 aromatic carbocycles. The van der Waals surface area contributed by atoms with Crippen LogP contribution in [0.2, 0.25) is 0 Å². The molecule has 0 heterocycles. The van der Waals surface area contributed by atoms with E-state index in [2.05, 4.69) is 129 Å². The highest BCUT2D eigenvalue weighted by Gasteiger charge is 2.23. The van der Waals surface area contributed by atoms with Crippen LogP contribution in [0, 0.1) is 0 Å². The van der Waals surface area contributed by atoms with Gasteiger partial charge in [0, 0.05) is 6.42 Å². The Morgan fingerprint density at radius 1 is 0.600 bits per heavy atom. The molecular formula is C51H85N2O6P. The van der Waals surface area contributed by atoms with Gasteiger partial charge in [-0.15, -0.1) is 0 Å². The summed E-state index contributed by atoms with van der Waals surface area (Å²) in [4.78, 5) is 25.1. The van der Waals surface area contributed by atoms with Gasteiger partial charge in [-0.05, 0) is 89.9 Å². The van der Waals surface area contributed by atoms with Crippen LogP contribution in [0.5, 0.6) is 0 Å². The third-order valence-corrected chi connectivity index (χ3v) is 10.1. The minimum Gasteiger partial charge on any atom is -0.756 e. The van der Waals surface area contributed by atoms with Gasteiger partial charge >= 0.3 is 0 Å². The van der Waals surface area contributed by atoms with Crippen molar-refractivity contribution >= 4 is 13.7 Å². The number of hydrogen-bond donors (Lipinski definition) is 2. The number of phosphoric ester groups is 1. The number of phosphoric acid groups is 1. The van der Waals surface area contributed by atoms with Gasteiger partial charge in [0.1, 0.15) is 13.2 Å². The SMILES string of the molecule is CC/C=C\C/C=C\C/C=C\C/C=C\C/C=C\C/C=C\C/C=C\C/C=C\C/C=C\CCCCCCCC(=O)NC(COP(=O)([O-])OCC[N+](C)(C)C)C(O)/C=C/CCCCC. The van der Waals surface area contributed by atoms with E-state index in [1.165, 1.54) is 0 Å². The Labute approximate surface area is 367 Å². The second-order valence-corrected chi connectivity index (χ2v) is 17.4. The lowest BCUT2D eigenvalue weighted by Crippen LogP contribution is -2.45. The van der Waals surface area contributed by atoms with Gasteiger partial charge in [0.2, 0.25) is 5.91 Å². The van der Waals surface area contributed by atoms with Crippen LogP contribution < -0.4 is 10.2 Å². The zero-order valence-corrected chi connectivity index (χ0v) is 39.2. The third-order valence-electron chi connectivity index (χ3n) is 9.18. The Morgan fingerprint density at radius 3 is 1.48 bits per heavy atom. The molecule has 0 bridgehead atoms. The highest BCUT2D eigenvalue weighted by molar-refractivity contribution is 7.45. The minimum atomic E-state index is -4.59. The number of carbonyl (C=O) groups excluding carboxylic acids is 1. The van der Waals surface area contributed by atoms with Gasteiger partial charge in [0.15, 0.2) is 0 Å². The van der Waals surface area contributed by atoms with Crippen molar-refractivity contribution in [1.29, 1.82) is 0 Å². The van der Waals surface area contributed by atoms with Gasteiger partial charge in [0.05, 0.1) is 39.9 Å². The molecule has 0 aliphatic carbocycles. The number of aliphatic hydroxyl groups excluding tert-OH is 1. The van der Waals surface area contributed by atoms with E-state index in [1.54, 1.807) is 6.08 Å². The van der Waals surface area contributed by atoms with Gasteiger partial charge < -0.3 is 28.8 Å². The molecule has 0 aromatic heterocycles. The van der Waals surface area contributed by atoms with E-state index in [-0.39, 0.29) is 12.5 Å². The lowest BCUT2D eigenvalue weighted by molar-refractivity contribution is -0.870. The van der Waals surface area contributed by atoms with Crippen molar-refractivity contribution in [3.05, 3.63) is 122 Å². The van der Waals surface area contributed by atoms with Crippen LogP contribution >= 0.6 is 7.82 Å². The zero-order valence-electron chi connectivity index (χ0n) is 38.3. The van der Waals surface area contributed by atoms with E-state index in [0.717, 1.165) is 122 Å². The lowest BCUT2D eigenvalue weighted by atomic mass is 10.1. The number of rotatable bonds is 39. The second kappa shape index (κ2) is 41.3. The van der Waals surface area contributed by atoms with Crippen molar-refractivity contribution in [2.75, 3.05) is 40.9 Å². The monoisotopic (exact) mass is 853 g/mol. The topological polar surface area (TPSA) is 108 Å². The van der Waals surface area contributed by atoms with Crippen molar-refractivity contribution < 1.29 is 32.9 Å². The quantitative estimate of drug-likeness (QED) is 0.0276. The first-order valence-electron chi connectivity index (χ1n) is 22.9. The van der Waals surface area contributed by atoms with Crippen LogP contribution in [0.3, 0.4) is 0 Å². The number of amides is 1. The molecule has 0 spiro atoms. The molecule has 9 heteroatoms. The number of nitrogens with one attached hydrogen (secondary N) is 1. The first-order chi connectivity index (χ1) is 29.0. The molecule has 0 rings (SSSR count). The van der Waals surface area contributed by atoms with Gasteiger partial charge in [-0.25, -0.2) is 0 Å². The fourth-order valence-corrected chi connectivity index (χ4v) is 6.28. The highest BCUT2D eigenvalue weighted by atomic mass is 31.2. The summed E-state index contributed by atoms with van der Waals surface area (Å²) in [6, 6.07) is -0.902. The molecule has 0 aliphatic rings. The molecule has 2 N–H and O–H groups in total. The summed E-state index contributed by atoms with van der Waals surface area (Å²) in [7, 11) is 1.22. The number of unbranched alkanes of at least 4 members (excludes halogenated alkanes) is 8. The molecule has 0 fully saturated rings. The van der Waals surface area contributed by atoms with Crippen LogP contribution in [-0.4, -0.2) is 68.5 Å². The summed E-state index contributed by atoms with van der Waals surface area (Å²) < 4.78 is 23.0. The van der Waals surface area contributed by atoms with Crippen LogP contribution in [-0.2, 0) is 18.4 Å². The van der Waals surface area contributed by atoms with E-state index in [1.807, 2.05) is 27.2 Å². The molecule has 0 radical (unpaired) electrons. The summed E-state index contributed by atoms with van der Waals surface area (Å²) >= 11 is 0. The molecule has 1 amide bonds. The number of carbonyl (C=O) groups is 1. The Hall–Kier alpha value is -3.10. The van der Waals surface area contributed by atoms with Crippen LogP contribution in [0.1, 0.15) is 142 Å². The van der Waals surface area contributed by atoms with Crippen molar-refractivity contribution in [2.24, 2.45) is 0 Å². The summed E-state index contributed by atoms with van der Waals surface area (Å²) in [5, 5.41) is 13.5.